The molecule has 21 heavy (non-hydrogen) atoms. The van der Waals surface area contributed by atoms with Crippen LogP contribution in [0.1, 0.15) is 27.8 Å². The smallest absolute Gasteiger partial charge is 0.407 e. The van der Waals surface area contributed by atoms with Gasteiger partial charge in [-0.2, -0.15) is 0 Å². The van der Waals surface area contributed by atoms with Crippen molar-refractivity contribution in [3.8, 4) is 5.75 Å². The van der Waals surface area contributed by atoms with Gasteiger partial charge in [0.15, 0.2) is 0 Å². The van der Waals surface area contributed by atoms with Crippen molar-refractivity contribution in [1.82, 2.24) is 5.32 Å². The zero-order valence-corrected chi connectivity index (χ0v) is 13.0. The fourth-order valence-corrected chi connectivity index (χ4v) is 2.04. The Morgan fingerprint density at radius 2 is 2.05 bits per heavy atom. The average Bonchev–Trinajstić information content (AvgIpc) is 3.21. The monoisotopic (exact) mass is 296 g/mol. The third kappa shape index (κ3) is 5.27. The number of epoxide rings is 1. The number of ether oxygens (including phenoxy) is 3. The lowest BCUT2D eigenvalue weighted by molar-refractivity contribution is 0.0495. The Morgan fingerprint density at radius 1 is 1.43 bits per heavy atom. The molecule has 2 atom stereocenters. The van der Waals surface area contributed by atoms with Crippen LogP contribution in [-0.4, -0.2) is 37.6 Å². The van der Waals surface area contributed by atoms with Crippen LogP contribution in [0.5, 0.6) is 5.75 Å². The zero-order chi connectivity index (χ0) is 15.5. The molecule has 1 saturated heterocycles. The van der Waals surface area contributed by atoms with Crippen LogP contribution in [0.4, 0.5) is 4.79 Å². The SMILES string of the molecule is COc1ccc(C[C@H](NC(=O)OC(C)(C)C)[C@@H]2CO2)cc1.[2HH]. The van der Waals surface area contributed by atoms with Gasteiger partial charge >= 0.3 is 6.09 Å². The van der Waals surface area contributed by atoms with Crippen molar-refractivity contribution in [2.45, 2.75) is 44.9 Å². The third-order valence-electron chi connectivity index (χ3n) is 3.12. The van der Waals surface area contributed by atoms with Crippen molar-refractivity contribution in [1.29, 1.82) is 0 Å². The maximum absolute atomic E-state index is 11.9. The first-order valence-corrected chi connectivity index (χ1v) is 7.11. The first-order chi connectivity index (χ1) is 9.87. The highest BCUT2D eigenvalue weighted by Crippen LogP contribution is 2.20. The van der Waals surface area contributed by atoms with E-state index in [9.17, 15) is 4.79 Å². The molecule has 0 saturated carbocycles. The predicted molar refractivity (Wildman–Crippen MR) is 81.7 cm³/mol. The molecule has 1 aliphatic heterocycles. The number of methoxy groups -OCH3 is 1. The molecule has 1 amide bonds. The second kappa shape index (κ2) is 6.35. The van der Waals surface area contributed by atoms with E-state index >= 15 is 0 Å². The van der Waals surface area contributed by atoms with E-state index in [4.69, 9.17) is 14.2 Å². The molecule has 0 unspecified atom stereocenters. The van der Waals surface area contributed by atoms with Crippen molar-refractivity contribution in [3.05, 3.63) is 29.8 Å². The van der Waals surface area contributed by atoms with Gasteiger partial charge in [-0.1, -0.05) is 12.1 Å². The number of hydrogen-bond donors (Lipinski definition) is 1. The number of carbonyl (C=O) groups excluding carboxylic acids is 1. The largest absolute Gasteiger partial charge is 0.497 e. The summed E-state index contributed by atoms with van der Waals surface area (Å²) < 4.78 is 15.8. The van der Waals surface area contributed by atoms with Crippen molar-refractivity contribution in [2.75, 3.05) is 13.7 Å². The summed E-state index contributed by atoms with van der Waals surface area (Å²) in [7, 11) is 1.64. The van der Waals surface area contributed by atoms with Crippen molar-refractivity contribution >= 4 is 6.09 Å². The van der Waals surface area contributed by atoms with Gasteiger partial charge in [-0.3, -0.25) is 0 Å². The summed E-state index contributed by atoms with van der Waals surface area (Å²) in [5.41, 5.74) is 0.617. The summed E-state index contributed by atoms with van der Waals surface area (Å²) in [6, 6.07) is 7.73. The molecule has 1 fully saturated rings. The van der Waals surface area contributed by atoms with E-state index in [-0.39, 0.29) is 13.6 Å². The van der Waals surface area contributed by atoms with E-state index in [1.807, 2.05) is 45.0 Å². The maximum atomic E-state index is 11.9. The van der Waals surface area contributed by atoms with Crippen LogP contribution in [0, 0.1) is 0 Å². The van der Waals surface area contributed by atoms with E-state index in [0.717, 1.165) is 11.3 Å². The number of nitrogens with one attached hydrogen (secondary N) is 1. The molecule has 1 N–H and O–H groups in total. The minimum atomic E-state index is -0.501. The minimum Gasteiger partial charge on any atom is -0.497 e. The van der Waals surface area contributed by atoms with Gasteiger partial charge in [0.1, 0.15) is 17.5 Å². The maximum Gasteiger partial charge on any atom is 0.407 e. The standard InChI is InChI=1S/C16H23NO4.H2/c1-16(2,3)21-15(18)17-13(14-10-20-14)9-11-5-7-12(19-4)8-6-11;/h5-8,13-14H,9-10H2,1-4H3,(H,17,18);1H/t13-,14-;/m0./s1/i;1+1. The van der Waals surface area contributed by atoms with Crippen molar-refractivity contribution in [2.24, 2.45) is 0 Å². The van der Waals surface area contributed by atoms with E-state index in [0.29, 0.717) is 13.0 Å². The molecule has 118 valence electrons. The normalized spacial score (nSPS) is 18.8. The number of hydrogen-bond acceptors (Lipinski definition) is 4. The summed E-state index contributed by atoms with van der Waals surface area (Å²) >= 11 is 0. The first-order valence-electron chi connectivity index (χ1n) is 7.11. The van der Waals surface area contributed by atoms with Crippen LogP contribution < -0.4 is 10.1 Å². The van der Waals surface area contributed by atoms with Gasteiger partial charge in [0.05, 0.1) is 19.8 Å². The lowest BCUT2D eigenvalue weighted by atomic mass is 10.0. The topological polar surface area (TPSA) is 60.1 Å². The summed E-state index contributed by atoms with van der Waals surface area (Å²) in [4.78, 5) is 11.9. The molecule has 1 aliphatic rings. The van der Waals surface area contributed by atoms with Crippen molar-refractivity contribution in [3.63, 3.8) is 0 Å². The van der Waals surface area contributed by atoms with Crippen molar-refractivity contribution < 1.29 is 20.4 Å². The number of amides is 1. The second-order valence-corrected chi connectivity index (χ2v) is 6.18. The van der Waals surface area contributed by atoms with Gasteiger partial charge in [-0.05, 0) is 44.9 Å². The molecule has 0 spiro atoms. The Labute approximate surface area is 127 Å². The lowest BCUT2D eigenvalue weighted by Gasteiger charge is -2.23. The van der Waals surface area contributed by atoms with Gasteiger partial charge in [-0.25, -0.2) is 4.79 Å². The van der Waals surface area contributed by atoms with E-state index < -0.39 is 11.7 Å². The number of benzene rings is 1. The highest BCUT2D eigenvalue weighted by Gasteiger charge is 2.34. The summed E-state index contributed by atoms with van der Waals surface area (Å²) in [5, 5.41) is 2.90. The minimum absolute atomic E-state index is 0. The fraction of sp³-hybridized carbons (Fsp3) is 0.562. The van der Waals surface area contributed by atoms with E-state index in [2.05, 4.69) is 5.32 Å². The van der Waals surface area contributed by atoms with Crippen LogP contribution >= 0.6 is 0 Å². The van der Waals surface area contributed by atoms with Gasteiger partial charge in [0.25, 0.3) is 0 Å². The molecule has 2 rings (SSSR count). The second-order valence-electron chi connectivity index (χ2n) is 6.18. The molecule has 0 bridgehead atoms. The van der Waals surface area contributed by atoms with Crippen LogP contribution in [-0.2, 0) is 15.9 Å². The predicted octanol–water partition coefficient (Wildman–Crippen LogP) is 2.78. The van der Waals surface area contributed by atoms with Gasteiger partial charge in [0.2, 0.25) is 0 Å². The van der Waals surface area contributed by atoms with Crippen LogP contribution in [0.15, 0.2) is 24.3 Å². The third-order valence-corrected chi connectivity index (χ3v) is 3.12. The highest BCUT2D eigenvalue weighted by molar-refractivity contribution is 5.68. The summed E-state index contributed by atoms with van der Waals surface area (Å²) in [6.45, 7) is 6.21. The molecule has 1 aromatic rings. The first kappa shape index (κ1) is 15.6. The Kier molecular flexibility index (Phi) is 4.73. The summed E-state index contributed by atoms with van der Waals surface area (Å²) in [6.07, 6.45) is 0.365. The Balaban J connectivity index is 0.00000242. The molecule has 1 heterocycles. The lowest BCUT2D eigenvalue weighted by Crippen LogP contribution is -2.43. The molecule has 5 nitrogen and oxygen atoms in total. The van der Waals surface area contributed by atoms with Crippen LogP contribution in [0.25, 0.3) is 0 Å². The fourth-order valence-electron chi connectivity index (χ4n) is 2.04. The average molecular weight is 296 g/mol. The molecule has 0 radical (unpaired) electrons. The van der Waals surface area contributed by atoms with Crippen LogP contribution in [0.2, 0.25) is 0 Å². The molecule has 1 aromatic carbocycles. The zero-order valence-electron chi connectivity index (χ0n) is 13.0. The van der Waals surface area contributed by atoms with Crippen LogP contribution in [0.3, 0.4) is 0 Å². The van der Waals surface area contributed by atoms with Gasteiger partial charge < -0.3 is 19.5 Å². The molecule has 0 aliphatic carbocycles. The quantitative estimate of drug-likeness (QED) is 0.849. The summed E-state index contributed by atoms with van der Waals surface area (Å²) in [5.74, 6) is 0.818. The molecular weight excluding hydrogens is 270 g/mol. The Bertz CT molecular complexity index is 480. The Morgan fingerprint density at radius 3 is 2.52 bits per heavy atom. The molecule has 5 heteroatoms. The van der Waals surface area contributed by atoms with E-state index in [1.165, 1.54) is 0 Å². The van der Waals surface area contributed by atoms with Gasteiger partial charge in [-0.15, -0.1) is 0 Å². The van der Waals surface area contributed by atoms with E-state index in [1.54, 1.807) is 7.11 Å². The number of rotatable bonds is 5. The number of carbonyl (C=O) groups is 1. The molecular formula is C16H25NO4. The highest BCUT2D eigenvalue weighted by atomic mass is 16.6. The molecule has 0 aromatic heterocycles. The Hall–Kier alpha value is -1.75. The number of alkyl carbamates (subject to hydrolysis) is 1. The van der Waals surface area contributed by atoms with Gasteiger partial charge in [0, 0.05) is 1.43 Å².